The lowest BCUT2D eigenvalue weighted by molar-refractivity contribution is -0.156. The summed E-state index contributed by atoms with van der Waals surface area (Å²) in [7, 11) is 0. The Hall–Kier alpha value is -2.24. The van der Waals surface area contributed by atoms with Crippen LogP contribution in [-0.4, -0.2) is 37.7 Å². The molecular formula is C20H29NO5. The van der Waals surface area contributed by atoms with E-state index in [1.165, 1.54) is 19.3 Å². The molecule has 144 valence electrons. The number of carbonyl (C=O) groups is 2. The second-order valence-corrected chi connectivity index (χ2v) is 6.57. The van der Waals surface area contributed by atoms with Gasteiger partial charge >= 0.3 is 5.97 Å². The minimum Gasteiger partial charge on any atom is -0.494 e. The zero-order chi connectivity index (χ0) is 18.8. The van der Waals surface area contributed by atoms with Crippen molar-refractivity contribution in [3.05, 3.63) is 24.3 Å². The van der Waals surface area contributed by atoms with Crippen molar-refractivity contribution >= 4 is 11.9 Å². The van der Waals surface area contributed by atoms with Crippen molar-refractivity contribution in [2.45, 2.75) is 52.1 Å². The topological polar surface area (TPSA) is 73.9 Å². The van der Waals surface area contributed by atoms with Gasteiger partial charge in [0.15, 0.2) is 12.7 Å². The van der Waals surface area contributed by atoms with Crippen LogP contribution in [0, 0.1) is 5.92 Å². The van der Waals surface area contributed by atoms with E-state index in [-0.39, 0.29) is 12.5 Å². The third-order valence-corrected chi connectivity index (χ3v) is 4.46. The van der Waals surface area contributed by atoms with E-state index in [2.05, 4.69) is 5.32 Å². The summed E-state index contributed by atoms with van der Waals surface area (Å²) in [6.07, 6.45) is 5.23. The number of hydrogen-bond acceptors (Lipinski definition) is 5. The van der Waals surface area contributed by atoms with E-state index >= 15 is 0 Å². The van der Waals surface area contributed by atoms with Gasteiger partial charge in [-0.3, -0.25) is 4.79 Å². The van der Waals surface area contributed by atoms with E-state index in [1.54, 1.807) is 31.2 Å². The molecule has 1 aromatic rings. The molecule has 0 radical (unpaired) electrons. The number of esters is 1. The van der Waals surface area contributed by atoms with Gasteiger partial charge in [0.2, 0.25) is 0 Å². The molecule has 1 aliphatic carbocycles. The minimum absolute atomic E-state index is 0.242. The van der Waals surface area contributed by atoms with Crippen LogP contribution in [0.25, 0.3) is 0 Å². The average Bonchev–Trinajstić information content (AvgIpc) is 2.66. The zero-order valence-electron chi connectivity index (χ0n) is 15.7. The summed E-state index contributed by atoms with van der Waals surface area (Å²) in [6, 6.07) is 6.98. The molecule has 0 bridgehead atoms. The number of carbonyl (C=O) groups excluding carboxylic acids is 2. The van der Waals surface area contributed by atoms with Crippen molar-refractivity contribution < 1.29 is 23.8 Å². The molecule has 0 spiro atoms. The van der Waals surface area contributed by atoms with Gasteiger partial charge in [0, 0.05) is 6.54 Å². The molecule has 26 heavy (non-hydrogen) atoms. The molecular weight excluding hydrogens is 334 g/mol. The SMILES string of the molecule is CCOc1ccc(OCC(=O)O[C@H](C)C(=O)NCC2CCCCC2)cc1. The van der Waals surface area contributed by atoms with E-state index in [1.807, 2.05) is 6.92 Å². The van der Waals surface area contributed by atoms with Crippen LogP contribution in [0.5, 0.6) is 11.5 Å². The second kappa shape index (κ2) is 10.7. The fraction of sp³-hybridized carbons (Fsp3) is 0.600. The van der Waals surface area contributed by atoms with E-state index in [9.17, 15) is 9.59 Å². The highest BCUT2D eigenvalue weighted by atomic mass is 16.6. The maximum atomic E-state index is 12.1. The first kappa shape index (κ1) is 20.1. The zero-order valence-corrected chi connectivity index (χ0v) is 15.7. The predicted molar refractivity (Wildman–Crippen MR) is 98.2 cm³/mol. The number of hydrogen-bond donors (Lipinski definition) is 1. The highest BCUT2D eigenvalue weighted by molar-refractivity contribution is 5.83. The lowest BCUT2D eigenvalue weighted by Gasteiger charge is -2.22. The van der Waals surface area contributed by atoms with Gasteiger partial charge in [0.25, 0.3) is 5.91 Å². The normalized spacial score (nSPS) is 15.8. The lowest BCUT2D eigenvalue weighted by Crippen LogP contribution is -2.39. The third-order valence-electron chi connectivity index (χ3n) is 4.46. The van der Waals surface area contributed by atoms with Gasteiger partial charge in [0.1, 0.15) is 11.5 Å². The fourth-order valence-electron chi connectivity index (χ4n) is 3.01. The van der Waals surface area contributed by atoms with Gasteiger partial charge < -0.3 is 19.5 Å². The number of ether oxygens (including phenoxy) is 3. The minimum atomic E-state index is -0.824. The highest BCUT2D eigenvalue weighted by Crippen LogP contribution is 2.22. The first-order valence-electron chi connectivity index (χ1n) is 9.41. The summed E-state index contributed by atoms with van der Waals surface area (Å²) in [4.78, 5) is 23.9. The van der Waals surface area contributed by atoms with Crippen molar-refractivity contribution in [3.63, 3.8) is 0 Å². The van der Waals surface area contributed by atoms with Crippen LogP contribution >= 0.6 is 0 Å². The Kier molecular flexibility index (Phi) is 8.25. The molecule has 1 N–H and O–H groups in total. The molecule has 0 aliphatic heterocycles. The van der Waals surface area contributed by atoms with Crippen LogP contribution in [0.2, 0.25) is 0 Å². The Morgan fingerprint density at radius 1 is 1.08 bits per heavy atom. The van der Waals surface area contributed by atoms with E-state index < -0.39 is 12.1 Å². The summed E-state index contributed by atoms with van der Waals surface area (Å²) >= 11 is 0. The molecule has 1 aromatic carbocycles. The van der Waals surface area contributed by atoms with Gasteiger partial charge in [-0.25, -0.2) is 4.79 Å². The fourth-order valence-corrected chi connectivity index (χ4v) is 3.01. The van der Waals surface area contributed by atoms with Gasteiger partial charge in [-0.05, 0) is 56.9 Å². The van der Waals surface area contributed by atoms with Crippen LogP contribution in [0.1, 0.15) is 46.0 Å². The molecule has 0 saturated heterocycles. The molecule has 1 atom stereocenters. The highest BCUT2D eigenvalue weighted by Gasteiger charge is 2.20. The smallest absolute Gasteiger partial charge is 0.344 e. The van der Waals surface area contributed by atoms with Crippen LogP contribution in [0.15, 0.2) is 24.3 Å². The average molecular weight is 363 g/mol. The number of benzene rings is 1. The number of amides is 1. The maximum Gasteiger partial charge on any atom is 0.344 e. The summed E-state index contributed by atoms with van der Waals surface area (Å²) < 4.78 is 15.9. The molecule has 6 nitrogen and oxygen atoms in total. The first-order chi connectivity index (χ1) is 12.6. The summed E-state index contributed by atoms with van der Waals surface area (Å²) in [6.45, 7) is 4.49. The maximum absolute atomic E-state index is 12.1. The Labute approximate surface area is 155 Å². The summed E-state index contributed by atoms with van der Waals surface area (Å²) in [5, 5.41) is 2.88. The number of nitrogens with one attached hydrogen (secondary N) is 1. The molecule has 6 heteroatoms. The van der Waals surface area contributed by atoms with Gasteiger partial charge in [0.05, 0.1) is 6.61 Å². The van der Waals surface area contributed by atoms with E-state index in [4.69, 9.17) is 14.2 Å². The molecule has 0 unspecified atom stereocenters. The third kappa shape index (κ3) is 6.94. The molecule has 1 fully saturated rings. The molecule has 0 heterocycles. The molecule has 1 saturated carbocycles. The van der Waals surface area contributed by atoms with E-state index in [0.29, 0.717) is 24.8 Å². The van der Waals surface area contributed by atoms with Crippen LogP contribution in [-0.2, 0) is 14.3 Å². The van der Waals surface area contributed by atoms with Crippen LogP contribution in [0.3, 0.4) is 0 Å². The van der Waals surface area contributed by atoms with Crippen LogP contribution < -0.4 is 14.8 Å². The van der Waals surface area contributed by atoms with E-state index in [0.717, 1.165) is 18.6 Å². The predicted octanol–water partition coefficient (Wildman–Crippen LogP) is 3.09. The van der Waals surface area contributed by atoms with Crippen molar-refractivity contribution in [3.8, 4) is 11.5 Å². The van der Waals surface area contributed by atoms with Crippen molar-refractivity contribution in [2.24, 2.45) is 5.92 Å². The van der Waals surface area contributed by atoms with Crippen molar-refractivity contribution in [1.82, 2.24) is 5.32 Å². The Morgan fingerprint density at radius 2 is 1.69 bits per heavy atom. The monoisotopic (exact) mass is 363 g/mol. The number of rotatable bonds is 9. The summed E-state index contributed by atoms with van der Waals surface area (Å²) in [5.41, 5.74) is 0. The first-order valence-corrected chi connectivity index (χ1v) is 9.41. The van der Waals surface area contributed by atoms with Crippen molar-refractivity contribution in [2.75, 3.05) is 19.8 Å². The lowest BCUT2D eigenvalue weighted by atomic mass is 9.89. The molecule has 0 aromatic heterocycles. The van der Waals surface area contributed by atoms with Crippen LogP contribution in [0.4, 0.5) is 0 Å². The standard InChI is InChI=1S/C20H29NO5/c1-3-24-17-9-11-18(12-10-17)25-14-19(22)26-15(2)20(23)21-13-16-7-5-4-6-8-16/h9-12,15-16H,3-8,13-14H2,1-2H3,(H,21,23)/t15-/m1/s1. The quantitative estimate of drug-likeness (QED) is 0.683. The Balaban J connectivity index is 1.66. The van der Waals surface area contributed by atoms with Gasteiger partial charge in [-0.15, -0.1) is 0 Å². The van der Waals surface area contributed by atoms with Crippen molar-refractivity contribution in [1.29, 1.82) is 0 Å². The molecule has 1 amide bonds. The summed E-state index contributed by atoms with van der Waals surface area (Å²) in [5.74, 6) is 0.994. The Bertz CT molecular complexity index is 566. The second-order valence-electron chi connectivity index (χ2n) is 6.57. The Morgan fingerprint density at radius 3 is 2.31 bits per heavy atom. The van der Waals surface area contributed by atoms with Gasteiger partial charge in [-0.1, -0.05) is 19.3 Å². The molecule has 2 rings (SSSR count). The largest absolute Gasteiger partial charge is 0.494 e. The molecule has 1 aliphatic rings. The van der Waals surface area contributed by atoms with Gasteiger partial charge in [-0.2, -0.15) is 0 Å².